The summed E-state index contributed by atoms with van der Waals surface area (Å²) in [5.74, 6) is -0.196. The molecule has 0 bridgehead atoms. The zero-order chi connectivity index (χ0) is 14.7. The number of nitro groups is 1. The summed E-state index contributed by atoms with van der Waals surface area (Å²) in [4.78, 5) is 21.5. The highest BCUT2D eigenvalue weighted by Gasteiger charge is 2.24. The molecule has 1 aromatic carbocycles. The van der Waals surface area contributed by atoms with Gasteiger partial charge in [-0.3, -0.25) is 14.9 Å². The van der Waals surface area contributed by atoms with Crippen LogP contribution in [-0.4, -0.2) is 27.7 Å². The van der Waals surface area contributed by atoms with Gasteiger partial charge < -0.3 is 10.5 Å². The van der Waals surface area contributed by atoms with E-state index in [1.54, 1.807) is 31.4 Å². The number of nitrogens with two attached hydrogens (primary N) is 1. The molecule has 0 saturated heterocycles. The standard InChI is InChI=1S/C12H12N4O4/c1-20-9-4-2-8(3-5-9)7-15-11(12(13)17)10(6-14-15)16(18)19/h2-6H,7H2,1H3,(H2,13,17). The zero-order valence-corrected chi connectivity index (χ0v) is 10.6. The van der Waals surface area contributed by atoms with Crippen molar-refractivity contribution in [3.63, 3.8) is 0 Å². The summed E-state index contributed by atoms with van der Waals surface area (Å²) < 4.78 is 6.24. The summed E-state index contributed by atoms with van der Waals surface area (Å²) >= 11 is 0. The Bertz CT molecular complexity index is 648. The van der Waals surface area contributed by atoms with Crippen molar-refractivity contribution < 1.29 is 14.5 Å². The van der Waals surface area contributed by atoms with Gasteiger partial charge >= 0.3 is 5.69 Å². The van der Waals surface area contributed by atoms with Crippen molar-refractivity contribution in [2.75, 3.05) is 7.11 Å². The summed E-state index contributed by atoms with van der Waals surface area (Å²) in [6, 6.07) is 7.04. The highest BCUT2D eigenvalue weighted by atomic mass is 16.6. The molecule has 2 rings (SSSR count). The smallest absolute Gasteiger partial charge is 0.320 e. The minimum atomic E-state index is -0.886. The summed E-state index contributed by atoms with van der Waals surface area (Å²) in [5, 5.41) is 14.6. The van der Waals surface area contributed by atoms with E-state index < -0.39 is 16.5 Å². The van der Waals surface area contributed by atoms with Crippen LogP contribution in [0.25, 0.3) is 0 Å². The van der Waals surface area contributed by atoms with Gasteiger partial charge in [-0.25, -0.2) is 4.68 Å². The Kier molecular flexibility index (Phi) is 3.65. The van der Waals surface area contributed by atoms with Gasteiger partial charge in [-0.15, -0.1) is 0 Å². The van der Waals surface area contributed by atoms with Gasteiger partial charge in [-0.1, -0.05) is 12.1 Å². The second kappa shape index (κ2) is 5.39. The molecule has 1 amide bonds. The third-order valence-electron chi connectivity index (χ3n) is 2.74. The fraction of sp³-hybridized carbons (Fsp3) is 0.167. The molecule has 104 valence electrons. The summed E-state index contributed by atoms with van der Waals surface area (Å²) in [6.45, 7) is 0.204. The monoisotopic (exact) mass is 276 g/mol. The van der Waals surface area contributed by atoms with Crippen molar-refractivity contribution in [3.05, 3.63) is 51.8 Å². The first kappa shape index (κ1) is 13.5. The molecule has 20 heavy (non-hydrogen) atoms. The Labute approximate surface area is 113 Å². The maximum atomic E-state index is 11.3. The molecule has 2 N–H and O–H groups in total. The zero-order valence-electron chi connectivity index (χ0n) is 10.6. The van der Waals surface area contributed by atoms with Gasteiger partial charge in [-0.2, -0.15) is 5.10 Å². The first-order valence-electron chi connectivity index (χ1n) is 5.66. The number of aromatic nitrogens is 2. The number of nitrogens with zero attached hydrogens (tertiary/aromatic N) is 3. The molecule has 0 radical (unpaired) electrons. The minimum Gasteiger partial charge on any atom is -0.497 e. The number of carbonyl (C=O) groups excluding carboxylic acids is 1. The SMILES string of the molecule is COc1ccc(Cn2ncc([N+](=O)[O-])c2C(N)=O)cc1. The lowest BCUT2D eigenvalue weighted by Gasteiger charge is -2.05. The van der Waals surface area contributed by atoms with Crippen LogP contribution < -0.4 is 10.5 Å². The number of rotatable bonds is 5. The lowest BCUT2D eigenvalue weighted by atomic mass is 10.2. The van der Waals surface area contributed by atoms with Crippen LogP contribution in [0.15, 0.2) is 30.5 Å². The van der Waals surface area contributed by atoms with Crippen LogP contribution in [0.4, 0.5) is 5.69 Å². The molecule has 0 spiro atoms. The van der Waals surface area contributed by atoms with Gasteiger partial charge in [-0.05, 0) is 17.7 Å². The molecule has 0 saturated carbocycles. The average molecular weight is 276 g/mol. The molecule has 0 aliphatic carbocycles. The number of methoxy groups -OCH3 is 1. The maximum absolute atomic E-state index is 11.3. The van der Waals surface area contributed by atoms with Gasteiger partial charge in [0.05, 0.1) is 18.6 Å². The van der Waals surface area contributed by atoms with Crippen LogP contribution in [0.1, 0.15) is 16.1 Å². The van der Waals surface area contributed by atoms with Crippen LogP contribution >= 0.6 is 0 Å². The first-order valence-corrected chi connectivity index (χ1v) is 5.66. The van der Waals surface area contributed by atoms with Crippen LogP contribution in [0, 0.1) is 10.1 Å². The second-order valence-corrected chi connectivity index (χ2v) is 4.01. The second-order valence-electron chi connectivity index (χ2n) is 4.01. The Morgan fingerprint density at radius 1 is 1.45 bits per heavy atom. The summed E-state index contributed by atoms with van der Waals surface area (Å²) in [6.07, 6.45) is 1.02. The van der Waals surface area contributed by atoms with Gasteiger partial charge in [0.2, 0.25) is 5.69 Å². The Morgan fingerprint density at radius 3 is 2.60 bits per heavy atom. The Hall–Kier alpha value is -2.90. The lowest BCUT2D eigenvalue weighted by molar-refractivity contribution is -0.385. The first-order chi connectivity index (χ1) is 9.52. The molecule has 0 aliphatic heterocycles. The summed E-state index contributed by atoms with van der Waals surface area (Å²) in [7, 11) is 1.55. The third-order valence-corrected chi connectivity index (χ3v) is 2.74. The fourth-order valence-electron chi connectivity index (χ4n) is 1.79. The number of ether oxygens (including phenoxy) is 1. The molecule has 1 aromatic heterocycles. The van der Waals surface area contributed by atoms with Crippen LogP contribution in [0.2, 0.25) is 0 Å². The van der Waals surface area contributed by atoms with Gasteiger partial charge in [0.1, 0.15) is 11.9 Å². The molecule has 1 heterocycles. The highest BCUT2D eigenvalue weighted by molar-refractivity contribution is 5.95. The van der Waals surface area contributed by atoms with E-state index in [9.17, 15) is 14.9 Å². The van der Waals surface area contributed by atoms with Crippen LogP contribution in [0.5, 0.6) is 5.75 Å². The number of hydrogen-bond donors (Lipinski definition) is 1. The van der Waals surface area contributed by atoms with E-state index in [2.05, 4.69) is 5.10 Å². The molecule has 0 unspecified atom stereocenters. The largest absolute Gasteiger partial charge is 0.497 e. The van der Waals surface area contributed by atoms with Crippen molar-refractivity contribution in [1.82, 2.24) is 9.78 Å². The molecule has 2 aromatic rings. The quantitative estimate of drug-likeness (QED) is 0.645. The predicted molar refractivity (Wildman–Crippen MR) is 69.5 cm³/mol. The van der Waals surface area contributed by atoms with Crippen molar-refractivity contribution in [1.29, 1.82) is 0 Å². The number of amides is 1. The third kappa shape index (κ3) is 2.58. The average Bonchev–Trinajstić information content (AvgIpc) is 2.83. The topological polar surface area (TPSA) is 113 Å². The van der Waals surface area contributed by atoms with E-state index in [0.29, 0.717) is 5.75 Å². The van der Waals surface area contributed by atoms with E-state index >= 15 is 0 Å². The number of primary amides is 1. The fourth-order valence-corrected chi connectivity index (χ4v) is 1.79. The highest BCUT2D eigenvalue weighted by Crippen LogP contribution is 2.19. The lowest BCUT2D eigenvalue weighted by Crippen LogP contribution is -2.19. The molecule has 0 fully saturated rings. The van der Waals surface area contributed by atoms with E-state index in [1.807, 2.05) is 0 Å². The molecule has 0 atom stereocenters. The normalized spacial score (nSPS) is 10.2. The number of carbonyl (C=O) groups is 1. The van der Waals surface area contributed by atoms with E-state index in [-0.39, 0.29) is 12.2 Å². The Morgan fingerprint density at radius 2 is 2.10 bits per heavy atom. The van der Waals surface area contributed by atoms with Gasteiger partial charge in [0, 0.05) is 0 Å². The van der Waals surface area contributed by atoms with Crippen molar-refractivity contribution in [2.45, 2.75) is 6.54 Å². The van der Waals surface area contributed by atoms with Crippen LogP contribution in [-0.2, 0) is 6.54 Å². The molecular formula is C12H12N4O4. The van der Waals surface area contributed by atoms with Gasteiger partial charge in [0.25, 0.3) is 5.91 Å². The van der Waals surface area contributed by atoms with Gasteiger partial charge in [0.15, 0.2) is 0 Å². The van der Waals surface area contributed by atoms with Crippen molar-refractivity contribution in [2.24, 2.45) is 5.73 Å². The number of benzene rings is 1. The molecule has 0 aliphatic rings. The van der Waals surface area contributed by atoms with Crippen LogP contribution in [0.3, 0.4) is 0 Å². The van der Waals surface area contributed by atoms with E-state index in [4.69, 9.17) is 10.5 Å². The minimum absolute atomic E-state index is 0.204. The maximum Gasteiger partial charge on any atom is 0.320 e. The van der Waals surface area contributed by atoms with Crippen molar-refractivity contribution >= 4 is 11.6 Å². The molecule has 8 heteroatoms. The molecule has 8 nitrogen and oxygen atoms in total. The van der Waals surface area contributed by atoms with E-state index in [1.165, 1.54) is 4.68 Å². The predicted octanol–water partition coefficient (Wildman–Crippen LogP) is 0.947. The molecular weight excluding hydrogens is 264 g/mol. The van der Waals surface area contributed by atoms with E-state index in [0.717, 1.165) is 11.8 Å². The van der Waals surface area contributed by atoms with Crippen molar-refractivity contribution in [3.8, 4) is 5.75 Å². The number of hydrogen-bond acceptors (Lipinski definition) is 5. The summed E-state index contributed by atoms with van der Waals surface area (Å²) in [5.41, 5.74) is 5.37. The Balaban J connectivity index is 2.33.